The Morgan fingerprint density at radius 3 is 0.846 bits per heavy atom. The molecule has 0 aliphatic rings. The molecule has 0 amide bonds. The van der Waals surface area contributed by atoms with Crippen molar-refractivity contribution in [1.82, 2.24) is 0 Å². The van der Waals surface area contributed by atoms with Gasteiger partial charge in [0, 0.05) is 16.8 Å². The molecule has 0 N–H and O–H groups in total. The van der Waals surface area contributed by atoms with E-state index in [0.717, 1.165) is 0 Å². The zero-order valence-corrected chi connectivity index (χ0v) is 26.8. The third kappa shape index (κ3) is 8.06. The van der Waals surface area contributed by atoms with Gasteiger partial charge in [0.25, 0.3) is 0 Å². The molecule has 5 aromatic rings. The molecule has 0 saturated carbocycles. The van der Waals surface area contributed by atoms with Crippen LogP contribution in [0.2, 0.25) is 0 Å². The maximum Gasteiger partial charge on any atom is 0.101 e. The van der Waals surface area contributed by atoms with Gasteiger partial charge in [-0.25, -0.2) is 0 Å². The van der Waals surface area contributed by atoms with E-state index in [1.165, 1.54) is 61.4 Å². The molecule has 1 radical (unpaired) electrons. The Bertz CT molecular complexity index is 1150. The van der Waals surface area contributed by atoms with Crippen LogP contribution in [0.15, 0.2) is 121 Å². The van der Waals surface area contributed by atoms with E-state index in [1.807, 2.05) is 0 Å². The normalized spacial score (nSPS) is 10.6. The summed E-state index contributed by atoms with van der Waals surface area (Å²) < 4.78 is 0. The van der Waals surface area contributed by atoms with Gasteiger partial charge in [-0.2, -0.15) is 27.8 Å². The van der Waals surface area contributed by atoms with Crippen molar-refractivity contribution in [3.8, 4) is 0 Å². The minimum atomic E-state index is -0.783. The van der Waals surface area contributed by atoms with E-state index in [1.54, 1.807) is 0 Å². The summed E-state index contributed by atoms with van der Waals surface area (Å²) >= 11 is 0. The van der Waals surface area contributed by atoms with Crippen LogP contribution in [-0.2, 0) is 16.8 Å². The average Bonchev–Trinajstić information content (AvgIpc) is 3.15. The molecular weight excluding hydrogens is 553 g/mol. The molecule has 0 bridgehead atoms. The molecule has 0 atom stereocenters. The van der Waals surface area contributed by atoms with Gasteiger partial charge in [-0.05, 0) is 48.5 Å². The fourth-order valence-corrected chi connectivity index (χ4v) is 11.3. The van der Waals surface area contributed by atoms with Crippen LogP contribution in [0.5, 0.6) is 0 Å². The quantitative estimate of drug-likeness (QED) is 0.134. The summed E-state index contributed by atoms with van der Waals surface area (Å²) in [5.74, 6) is 0. The van der Waals surface area contributed by atoms with Gasteiger partial charge < -0.3 is 0 Å². The first kappa shape index (κ1) is 31.1. The molecular formula is C36H41CoP2+. The van der Waals surface area contributed by atoms with E-state index < -0.39 is 15.8 Å². The van der Waals surface area contributed by atoms with E-state index in [0.29, 0.717) is 0 Å². The minimum absolute atomic E-state index is 0. The fourth-order valence-electron chi connectivity index (χ4n) is 5.12. The van der Waals surface area contributed by atoms with E-state index in [9.17, 15) is 0 Å². The van der Waals surface area contributed by atoms with Gasteiger partial charge in [0.15, 0.2) is 0 Å². The Morgan fingerprint density at radius 1 is 0.436 bits per heavy atom. The summed E-state index contributed by atoms with van der Waals surface area (Å²) in [4.78, 5) is 0. The first-order valence-corrected chi connectivity index (χ1v) is 17.0. The van der Waals surface area contributed by atoms with Crippen molar-refractivity contribution >= 4 is 37.1 Å². The minimum Gasteiger partial charge on any atom is -0.196 e. The summed E-state index contributed by atoms with van der Waals surface area (Å²) in [7, 11) is -1.57. The summed E-state index contributed by atoms with van der Waals surface area (Å²) in [5.41, 5.74) is 7.34. The van der Waals surface area contributed by atoms with Crippen molar-refractivity contribution < 1.29 is 16.8 Å². The van der Waals surface area contributed by atoms with E-state index in [2.05, 4.69) is 156 Å². The molecule has 0 saturated heterocycles. The number of benzene rings is 4. The molecule has 5 rings (SSSR count). The second-order valence-electron chi connectivity index (χ2n) is 10.0. The van der Waals surface area contributed by atoms with Gasteiger partial charge in [0.05, 0.1) is 37.1 Å². The predicted molar refractivity (Wildman–Crippen MR) is 176 cm³/mol. The largest absolute Gasteiger partial charge is 0.196 e. The first-order valence-electron chi connectivity index (χ1n) is 13.6. The topological polar surface area (TPSA) is 0 Å². The zero-order valence-electron chi connectivity index (χ0n) is 23.8. The van der Waals surface area contributed by atoms with Gasteiger partial charge >= 0.3 is 0 Å². The van der Waals surface area contributed by atoms with Gasteiger partial charge in [0.2, 0.25) is 0 Å². The molecule has 0 spiro atoms. The smallest absolute Gasteiger partial charge is 0.101 e. The Labute approximate surface area is 249 Å². The Hall–Kier alpha value is -2.40. The van der Waals surface area contributed by atoms with Gasteiger partial charge in [-0.1, -0.05) is 107 Å². The maximum atomic E-state index is 2.32. The Balaban J connectivity index is 0.000000324. The van der Waals surface area contributed by atoms with E-state index in [4.69, 9.17) is 0 Å². The molecule has 3 heteroatoms. The van der Waals surface area contributed by atoms with Crippen molar-refractivity contribution in [3.63, 3.8) is 0 Å². The van der Waals surface area contributed by atoms with E-state index in [-0.39, 0.29) is 16.8 Å². The van der Waals surface area contributed by atoms with Gasteiger partial charge in [-0.15, -0.1) is 0 Å². The van der Waals surface area contributed by atoms with Crippen LogP contribution in [0.4, 0.5) is 0 Å². The van der Waals surface area contributed by atoms with Crippen LogP contribution < -0.4 is 21.2 Å². The van der Waals surface area contributed by atoms with Crippen LogP contribution in [0.25, 0.3) is 0 Å². The third-order valence-corrected chi connectivity index (χ3v) is 14.0. The molecule has 0 heterocycles. The predicted octanol–water partition coefficient (Wildman–Crippen LogP) is 7.66. The molecule has 0 unspecified atom stereocenters. The van der Waals surface area contributed by atoms with E-state index >= 15 is 0 Å². The summed E-state index contributed by atoms with van der Waals surface area (Å²) in [6, 6.07) is 44.5. The van der Waals surface area contributed by atoms with Crippen LogP contribution >= 0.6 is 15.8 Å². The molecule has 0 fully saturated rings. The second-order valence-corrected chi connectivity index (χ2v) is 15.3. The summed E-state index contributed by atoms with van der Waals surface area (Å²) in [5, 5.41) is 6.06. The molecule has 203 valence electrons. The van der Waals surface area contributed by atoms with Crippen LogP contribution in [-0.4, -0.2) is 12.3 Å². The SMILES string of the molecule is Cc1c(C)c(C)[c-](C)c1C.[Co].c1ccc([PH+](CC[PH+](c2ccccc2)c2ccccc2)c2ccccc2)cc1. The molecule has 5 aromatic carbocycles. The maximum absolute atomic E-state index is 2.32. The number of rotatable bonds is 7. The molecule has 0 aliphatic heterocycles. The molecule has 0 aromatic heterocycles. The third-order valence-electron chi connectivity index (χ3n) is 7.93. The number of hydrogen-bond donors (Lipinski definition) is 0. The number of hydrogen-bond acceptors (Lipinski definition) is 0. The molecule has 0 nitrogen and oxygen atoms in total. The van der Waals surface area contributed by atoms with Crippen LogP contribution in [0.1, 0.15) is 27.8 Å². The van der Waals surface area contributed by atoms with Crippen molar-refractivity contribution in [3.05, 3.63) is 149 Å². The second kappa shape index (κ2) is 15.4. The molecule has 39 heavy (non-hydrogen) atoms. The van der Waals surface area contributed by atoms with Crippen molar-refractivity contribution in [2.24, 2.45) is 0 Å². The summed E-state index contributed by atoms with van der Waals surface area (Å²) in [6.45, 7) is 11.0. The van der Waals surface area contributed by atoms with Crippen molar-refractivity contribution in [2.75, 3.05) is 12.3 Å². The Morgan fingerprint density at radius 2 is 0.667 bits per heavy atom. The monoisotopic (exact) mass is 594 g/mol. The molecule has 0 aliphatic carbocycles. The summed E-state index contributed by atoms with van der Waals surface area (Å²) in [6.07, 6.45) is 2.52. The van der Waals surface area contributed by atoms with Gasteiger partial charge in [0.1, 0.15) is 12.3 Å². The van der Waals surface area contributed by atoms with Crippen molar-refractivity contribution in [1.29, 1.82) is 0 Å². The fraction of sp³-hybridized carbons (Fsp3) is 0.194. The zero-order chi connectivity index (χ0) is 26.9. The van der Waals surface area contributed by atoms with Crippen LogP contribution in [0, 0.1) is 34.6 Å². The first-order chi connectivity index (χ1) is 18.5. The van der Waals surface area contributed by atoms with Crippen molar-refractivity contribution in [2.45, 2.75) is 34.6 Å². The Kier molecular flexibility index (Phi) is 12.3. The van der Waals surface area contributed by atoms with Crippen LogP contribution in [0.3, 0.4) is 0 Å². The average molecular weight is 595 g/mol. The van der Waals surface area contributed by atoms with Gasteiger partial charge in [-0.3, -0.25) is 0 Å². The standard InChI is InChI=1S/C26H24P2.C10H15.Co/c1-5-13-23(14-6-1)27(24-15-7-2-8-16-24)21-22-28(25-17-9-3-10-18-25)26-19-11-4-12-20-26;1-6-7(2)9(4)10(5)8(6)3;/h1-20H,21-22H2;1-5H3;/q;-1;/p+2.